The van der Waals surface area contributed by atoms with Gasteiger partial charge >= 0.3 is 0 Å². The number of hydrogen-bond donors (Lipinski definition) is 3. The first-order valence-electron chi connectivity index (χ1n) is 10.8. The highest BCUT2D eigenvalue weighted by Crippen LogP contribution is 2.25. The second-order valence-electron chi connectivity index (χ2n) is 8.09. The van der Waals surface area contributed by atoms with Crippen LogP contribution in [0.25, 0.3) is 0 Å². The van der Waals surface area contributed by atoms with Crippen LogP contribution in [-0.4, -0.2) is 48.2 Å². The summed E-state index contributed by atoms with van der Waals surface area (Å²) < 4.78 is 0. The number of likely N-dealkylation sites (tertiary alicyclic amines) is 1. The lowest BCUT2D eigenvalue weighted by Crippen LogP contribution is -2.49. The zero-order chi connectivity index (χ0) is 18.9. The topological polar surface area (TPSA) is 59.9 Å². The molecule has 2 aliphatic rings. The summed E-state index contributed by atoms with van der Waals surface area (Å²) in [6.45, 7) is 7.22. The first-order chi connectivity index (χ1) is 13.2. The van der Waals surface area contributed by atoms with Gasteiger partial charge < -0.3 is 20.6 Å². The molecule has 0 aromatic heterocycles. The first-order valence-corrected chi connectivity index (χ1v) is 10.8. The minimum atomic E-state index is 0.297. The van der Waals surface area contributed by atoms with E-state index in [0.717, 1.165) is 24.0 Å². The fraction of sp³-hybridized carbons (Fsp3) is 0.682. The van der Waals surface area contributed by atoms with Gasteiger partial charge in [0.05, 0.1) is 6.54 Å². The summed E-state index contributed by atoms with van der Waals surface area (Å²) in [4.78, 5) is 7.37. The van der Waals surface area contributed by atoms with Gasteiger partial charge in [0.1, 0.15) is 5.75 Å². The number of guanidine groups is 1. The molecular formula is C22H36N4O. The maximum atomic E-state index is 9.60. The van der Waals surface area contributed by atoms with Crippen LogP contribution < -0.4 is 10.6 Å². The lowest BCUT2D eigenvalue weighted by molar-refractivity contribution is 0.160. The van der Waals surface area contributed by atoms with E-state index >= 15 is 0 Å². The van der Waals surface area contributed by atoms with Crippen molar-refractivity contribution in [1.29, 1.82) is 0 Å². The highest BCUT2D eigenvalue weighted by Gasteiger charge is 2.23. The minimum absolute atomic E-state index is 0.297. The Labute approximate surface area is 164 Å². The number of hydrogen-bond acceptors (Lipinski definition) is 3. The number of piperidine rings is 1. The molecule has 1 aromatic rings. The summed E-state index contributed by atoms with van der Waals surface area (Å²) in [5.41, 5.74) is 1.02. The third-order valence-corrected chi connectivity index (χ3v) is 5.84. The van der Waals surface area contributed by atoms with Crippen molar-refractivity contribution < 1.29 is 5.11 Å². The Morgan fingerprint density at radius 2 is 1.93 bits per heavy atom. The van der Waals surface area contributed by atoms with Gasteiger partial charge in [-0.2, -0.15) is 0 Å². The van der Waals surface area contributed by atoms with Gasteiger partial charge in [-0.25, -0.2) is 4.99 Å². The van der Waals surface area contributed by atoms with E-state index in [1.807, 2.05) is 12.1 Å². The molecule has 1 aliphatic heterocycles. The van der Waals surface area contributed by atoms with Crippen LogP contribution in [-0.2, 0) is 6.54 Å². The second kappa shape index (κ2) is 10.5. The maximum absolute atomic E-state index is 9.60. The van der Waals surface area contributed by atoms with Crippen LogP contribution in [0.4, 0.5) is 0 Å². The summed E-state index contributed by atoms with van der Waals surface area (Å²) in [6, 6.07) is 7.82. The third kappa shape index (κ3) is 6.73. The fourth-order valence-corrected chi connectivity index (χ4v) is 4.33. The summed E-state index contributed by atoms with van der Waals surface area (Å²) in [7, 11) is 0. The number of rotatable bonds is 6. The SMILES string of the molecule is CCNC(=NCc1cccc(O)c1)NC1CCN(CC2CCCCC2)CC1. The molecule has 1 saturated carbocycles. The predicted octanol–water partition coefficient (Wildman–Crippen LogP) is 3.49. The van der Waals surface area contributed by atoms with Gasteiger partial charge in [-0.15, -0.1) is 0 Å². The monoisotopic (exact) mass is 372 g/mol. The Morgan fingerprint density at radius 3 is 2.63 bits per heavy atom. The van der Waals surface area contributed by atoms with Crippen LogP contribution in [0.3, 0.4) is 0 Å². The molecule has 3 rings (SSSR count). The van der Waals surface area contributed by atoms with Crippen molar-refractivity contribution in [2.24, 2.45) is 10.9 Å². The number of aromatic hydroxyl groups is 1. The second-order valence-corrected chi connectivity index (χ2v) is 8.09. The van der Waals surface area contributed by atoms with Crippen molar-refractivity contribution >= 4 is 5.96 Å². The van der Waals surface area contributed by atoms with Gasteiger partial charge in [-0.3, -0.25) is 0 Å². The van der Waals surface area contributed by atoms with E-state index in [2.05, 4.69) is 22.5 Å². The number of phenolic OH excluding ortho intramolecular Hbond substituents is 1. The third-order valence-electron chi connectivity index (χ3n) is 5.84. The number of aliphatic imine (C=N–C) groups is 1. The van der Waals surface area contributed by atoms with Crippen molar-refractivity contribution in [2.75, 3.05) is 26.2 Å². The molecule has 0 spiro atoms. The Kier molecular flexibility index (Phi) is 7.81. The molecule has 27 heavy (non-hydrogen) atoms. The Hall–Kier alpha value is -1.75. The van der Waals surface area contributed by atoms with Crippen LogP contribution in [0.1, 0.15) is 57.4 Å². The summed E-state index contributed by atoms with van der Waals surface area (Å²) in [5.74, 6) is 2.11. The standard InChI is InChI=1S/C22H36N4O/c1-2-23-22(24-16-19-9-6-10-21(27)15-19)25-20-11-13-26(14-12-20)17-18-7-4-3-5-8-18/h6,9-10,15,18,20,27H,2-5,7-8,11-14,16-17H2,1H3,(H2,23,24,25). The van der Waals surface area contributed by atoms with Crippen LogP contribution in [0.15, 0.2) is 29.3 Å². The number of benzene rings is 1. The molecule has 1 saturated heterocycles. The van der Waals surface area contributed by atoms with E-state index in [1.54, 1.807) is 12.1 Å². The van der Waals surface area contributed by atoms with Gasteiger partial charge in [0.2, 0.25) is 0 Å². The van der Waals surface area contributed by atoms with E-state index in [4.69, 9.17) is 4.99 Å². The van der Waals surface area contributed by atoms with E-state index in [0.29, 0.717) is 18.3 Å². The Morgan fingerprint density at radius 1 is 1.15 bits per heavy atom. The largest absolute Gasteiger partial charge is 0.508 e. The summed E-state index contributed by atoms with van der Waals surface area (Å²) in [5, 5.41) is 16.6. The summed E-state index contributed by atoms with van der Waals surface area (Å²) >= 11 is 0. The molecule has 0 unspecified atom stereocenters. The molecule has 1 aliphatic carbocycles. The highest BCUT2D eigenvalue weighted by molar-refractivity contribution is 5.80. The number of nitrogens with one attached hydrogen (secondary N) is 2. The zero-order valence-corrected chi connectivity index (χ0v) is 16.8. The van der Waals surface area contributed by atoms with E-state index in [9.17, 15) is 5.11 Å². The lowest BCUT2D eigenvalue weighted by atomic mass is 9.88. The molecule has 0 atom stereocenters. The Bertz CT molecular complexity index is 590. The summed E-state index contributed by atoms with van der Waals surface area (Å²) in [6.07, 6.45) is 9.55. The van der Waals surface area contributed by atoms with E-state index < -0.39 is 0 Å². The van der Waals surface area contributed by atoms with Gasteiger partial charge in [0, 0.05) is 32.2 Å². The van der Waals surface area contributed by atoms with Crippen molar-refractivity contribution in [3.8, 4) is 5.75 Å². The first kappa shape index (κ1) is 20.0. The van der Waals surface area contributed by atoms with Crippen LogP contribution in [0.5, 0.6) is 5.75 Å². The molecule has 3 N–H and O–H groups in total. The lowest BCUT2D eigenvalue weighted by Gasteiger charge is -2.36. The zero-order valence-electron chi connectivity index (χ0n) is 16.8. The van der Waals surface area contributed by atoms with Crippen molar-refractivity contribution in [3.63, 3.8) is 0 Å². The number of phenols is 1. The maximum Gasteiger partial charge on any atom is 0.191 e. The van der Waals surface area contributed by atoms with E-state index in [-0.39, 0.29) is 0 Å². The Balaban J connectivity index is 1.45. The molecule has 1 aromatic carbocycles. The molecule has 5 heteroatoms. The molecule has 0 radical (unpaired) electrons. The molecule has 2 fully saturated rings. The molecular weight excluding hydrogens is 336 g/mol. The minimum Gasteiger partial charge on any atom is -0.508 e. The molecule has 1 heterocycles. The van der Waals surface area contributed by atoms with Gasteiger partial charge in [0.15, 0.2) is 5.96 Å². The van der Waals surface area contributed by atoms with Crippen molar-refractivity contribution in [3.05, 3.63) is 29.8 Å². The molecule has 150 valence electrons. The molecule has 5 nitrogen and oxygen atoms in total. The average molecular weight is 373 g/mol. The van der Waals surface area contributed by atoms with Crippen molar-refractivity contribution in [2.45, 2.75) is 64.5 Å². The predicted molar refractivity (Wildman–Crippen MR) is 112 cm³/mol. The fourth-order valence-electron chi connectivity index (χ4n) is 4.33. The quantitative estimate of drug-likeness (QED) is 0.528. The van der Waals surface area contributed by atoms with Crippen molar-refractivity contribution in [1.82, 2.24) is 15.5 Å². The van der Waals surface area contributed by atoms with Crippen LogP contribution >= 0.6 is 0 Å². The van der Waals surface area contributed by atoms with Crippen LogP contribution in [0.2, 0.25) is 0 Å². The van der Waals surface area contributed by atoms with E-state index in [1.165, 1.54) is 64.6 Å². The normalized spacial score (nSPS) is 20.6. The average Bonchev–Trinajstić information content (AvgIpc) is 2.69. The number of nitrogens with zero attached hydrogens (tertiary/aromatic N) is 2. The smallest absolute Gasteiger partial charge is 0.191 e. The van der Waals surface area contributed by atoms with Gasteiger partial charge in [-0.1, -0.05) is 31.4 Å². The van der Waals surface area contributed by atoms with Gasteiger partial charge in [-0.05, 0) is 56.2 Å². The van der Waals surface area contributed by atoms with Gasteiger partial charge in [0.25, 0.3) is 0 Å². The highest BCUT2D eigenvalue weighted by atomic mass is 16.3. The molecule has 0 bridgehead atoms. The van der Waals surface area contributed by atoms with Crippen LogP contribution in [0, 0.1) is 5.92 Å². The molecule has 0 amide bonds.